The third-order valence-electron chi connectivity index (χ3n) is 4.60. The van der Waals surface area contributed by atoms with Gasteiger partial charge >= 0.3 is 0 Å². The summed E-state index contributed by atoms with van der Waals surface area (Å²) < 4.78 is 26.0. The Labute approximate surface area is 161 Å². The fraction of sp³-hybridized carbons (Fsp3) is 0.350. The van der Waals surface area contributed by atoms with Crippen molar-refractivity contribution in [1.29, 1.82) is 0 Å². The van der Waals surface area contributed by atoms with Crippen LogP contribution in [0, 0.1) is 20.8 Å². The second-order valence-electron chi connectivity index (χ2n) is 6.89. The van der Waals surface area contributed by atoms with Crippen molar-refractivity contribution in [2.24, 2.45) is 0 Å². The highest BCUT2D eigenvalue weighted by Gasteiger charge is 2.20. The minimum Gasteiger partial charge on any atom is -0.365 e. The number of carbonyl (C=O) groups excluding carboxylic acids is 1. The Kier molecular flexibility index (Phi) is 6.28. The number of hydrogen-bond donors (Lipinski definition) is 1. The first-order chi connectivity index (χ1) is 12.5. The van der Waals surface area contributed by atoms with E-state index in [9.17, 15) is 13.2 Å². The molecule has 6 nitrogen and oxygen atoms in total. The smallest absolute Gasteiger partial charge is 0.243 e. The topological polar surface area (TPSA) is 69.7 Å². The van der Waals surface area contributed by atoms with E-state index in [-0.39, 0.29) is 17.3 Å². The van der Waals surface area contributed by atoms with Crippen LogP contribution in [0.5, 0.6) is 0 Å². The third-order valence-corrected chi connectivity index (χ3v) is 6.56. The van der Waals surface area contributed by atoms with E-state index in [1.165, 1.54) is 20.2 Å². The summed E-state index contributed by atoms with van der Waals surface area (Å²) in [5.74, 6) is -0.213. The van der Waals surface area contributed by atoms with Gasteiger partial charge in [-0.15, -0.1) is 0 Å². The minimum atomic E-state index is -3.57. The minimum absolute atomic E-state index is 0.161. The van der Waals surface area contributed by atoms with Crippen LogP contribution in [-0.2, 0) is 14.8 Å². The summed E-state index contributed by atoms with van der Waals surface area (Å²) >= 11 is 0. The number of rotatable bonds is 6. The van der Waals surface area contributed by atoms with Gasteiger partial charge in [0.25, 0.3) is 0 Å². The van der Waals surface area contributed by atoms with Crippen LogP contribution in [0.2, 0.25) is 0 Å². The van der Waals surface area contributed by atoms with Gasteiger partial charge in [-0.05, 0) is 55.7 Å². The van der Waals surface area contributed by atoms with Crippen LogP contribution in [-0.4, -0.2) is 46.3 Å². The van der Waals surface area contributed by atoms with E-state index >= 15 is 0 Å². The Bertz CT molecular complexity index is 953. The number of nitrogens with one attached hydrogen (secondary N) is 1. The molecule has 0 bridgehead atoms. The van der Waals surface area contributed by atoms with Gasteiger partial charge in [-0.1, -0.05) is 18.2 Å². The van der Waals surface area contributed by atoms with Crippen LogP contribution in [0.1, 0.15) is 16.7 Å². The summed E-state index contributed by atoms with van der Waals surface area (Å²) in [7, 11) is 1.26. The molecule has 0 aliphatic carbocycles. The third kappa shape index (κ3) is 4.67. The predicted octanol–water partition coefficient (Wildman–Crippen LogP) is 2.94. The summed E-state index contributed by atoms with van der Waals surface area (Å²) in [5, 5.41) is 2.79. The number of benzene rings is 2. The Balaban J connectivity index is 2.18. The maximum atomic E-state index is 12.5. The van der Waals surface area contributed by atoms with Gasteiger partial charge in [0.05, 0.1) is 11.4 Å². The standard InChI is InChI=1S/C20H27N3O3S/c1-14-8-7-9-18(16(14)3)23(6)13-20(24)21-17-11-10-15(2)19(12-17)27(25,26)22(4)5/h7-12H,13H2,1-6H3,(H,21,24). The lowest BCUT2D eigenvalue weighted by atomic mass is 10.1. The monoisotopic (exact) mass is 389 g/mol. The first-order valence-electron chi connectivity index (χ1n) is 8.64. The highest BCUT2D eigenvalue weighted by Crippen LogP contribution is 2.23. The zero-order chi connectivity index (χ0) is 20.4. The number of carbonyl (C=O) groups is 1. The van der Waals surface area contributed by atoms with Crippen molar-refractivity contribution >= 4 is 27.3 Å². The lowest BCUT2D eigenvalue weighted by Crippen LogP contribution is -2.30. The summed E-state index contributed by atoms with van der Waals surface area (Å²) in [6, 6.07) is 10.9. The largest absolute Gasteiger partial charge is 0.365 e. The lowest BCUT2D eigenvalue weighted by Gasteiger charge is -2.22. The van der Waals surface area contributed by atoms with Crippen molar-refractivity contribution in [3.63, 3.8) is 0 Å². The van der Waals surface area contributed by atoms with E-state index in [0.29, 0.717) is 11.3 Å². The number of likely N-dealkylation sites (N-methyl/N-ethyl adjacent to an activating group) is 1. The SMILES string of the molecule is Cc1ccc(NC(=O)CN(C)c2cccc(C)c2C)cc1S(=O)(=O)N(C)C. The normalized spacial score (nSPS) is 11.5. The molecule has 0 aromatic heterocycles. The van der Waals surface area contributed by atoms with Gasteiger partial charge in [-0.25, -0.2) is 12.7 Å². The molecule has 146 valence electrons. The molecule has 0 aliphatic heterocycles. The van der Waals surface area contributed by atoms with E-state index in [1.807, 2.05) is 44.0 Å². The fourth-order valence-electron chi connectivity index (χ4n) is 2.80. The van der Waals surface area contributed by atoms with Crippen LogP contribution in [0.25, 0.3) is 0 Å². The van der Waals surface area contributed by atoms with Crippen molar-refractivity contribution in [3.8, 4) is 0 Å². The van der Waals surface area contributed by atoms with Gasteiger partial charge in [-0.2, -0.15) is 0 Å². The molecule has 1 amide bonds. The average molecular weight is 390 g/mol. The zero-order valence-electron chi connectivity index (χ0n) is 16.7. The van der Waals surface area contributed by atoms with E-state index in [1.54, 1.807) is 19.1 Å². The quantitative estimate of drug-likeness (QED) is 0.825. The van der Waals surface area contributed by atoms with Crippen LogP contribution >= 0.6 is 0 Å². The van der Waals surface area contributed by atoms with Crippen LogP contribution in [0.3, 0.4) is 0 Å². The maximum Gasteiger partial charge on any atom is 0.243 e. The molecule has 27 heavy (non-hydrogen) atoms. The summed E-state index contributed by atoms with van der Waals surface area (Å²) in [6.07, 6.45) is 0. The molecule has 0 radical (unpaired) electrons. The fourth-order valence-corrected chi connectivity index (χ4v) is 3.95. The summed E-state index contributed by atoms with van der Waals surface area (Å²) in [5.41, 5.74) is 4.37. The number of hydrogen-bond acceptors (Lipinski definition) is 4. The first kappa shape index (κ1) is 20.9. The van der Waals surface area contributed by atoms with Gasteiger partial charge in [0.15, 0.2) is 0 Å². The highest BCUT2D eigenvalue weighted by atomic mass is 32.2. The second-order valence-corrected chi connectivity index (χ2v) is 9.01. The average Bonchev–Trinajstić information content (AvgIpc) is 2.58. The van der Waals surface area contributed by atoms with E-state index < -0.39 is 10.0 Å². The predicted molar refractivity (Wildman–Crippen MR) is 110 cm³/mol. The number of sulfonamides is 1. The number of nitrogens with zero attached hydrogens (tertiary/aromatic N) is 2. The second kappa shape index (κ2) is 8.10. The van der Waals surface area contributed by atoms with Crippen LogP contribution in [0.4, 0.5) is 11.4 Å². The van der Waals surface area contributed by atoms with Crippen molar-refractivity contribution in [2.45, 2.75) is 25.7 Å². The highest BCUT2D eigenvalue weighted by molar-refractivity contribution is 7.89. The number of anilines is 2. The summed E-state index contributed by atoms with van der Waals surface area (Å²) in [6.45, 7) is 5.95. The molecule has 2 rings (SSSR count). The number of aryl methyl sites for hydroxylation is 2. The van der Waals surface area contributed by atoms with E-state index in [4.69, 9.17) is 0 Å². The molecule has 2 aromatic carbocycles. The maximum absolute atomic E-state index is 12.5. The molecule has 0 atom stereocenters. The van der Waals surface area contributed by atoms with Crippen molar-refractivity contribution in [1.82, 2.24) is 4.31 Å². The van der Waals surface area contributed by atoms with Crippen LogP contribution in [0.15, 0.2) is 41.3 Å². The van der Waals surface area contributed by atoms with Crippen molar-refractivity contribution in [3.05, 3.63) is 53.1 Å². The molecule has 0 unspecified atom stereocenters. The molecule has 0 saturated carbocycles. The van der Waals surface area contributed by atoms with Crippen LogP contribution < -0.4 is 10.2 Å². The van der Waals surface area contributed by atoms with Gasteiger partial charge in [-0.3, -0.25) is 4.79 Å². The van der Waals surface area contributed by atoms with Gasteiger partial charge in [0.1, 0.15) is 0 Å². The molecule has 0 spiro atoms. The molecule has 7 heteroatoms. The number of amides is 1. The first-order valence-corrected chi connectivity index (χ1v) is 10.1. The Morgan fingerprint density at radius 2 is 1.67 bits per heavy atom. The van der Waals surface area contributed by atoms with E-state index in [2.05, 4.69) is 5.32 Å². The van der Waals surface area contributed by atoms with Crippen molar-refractivity contribution < 1.29 is 13.2 Å². The molecule has 0 saturated heterocycles. The van der Waals surface area contributed by atoms with Crippen molar-refractivity contribution in [2.75, 3.05) is 37.9 Å². The van der Waals surface area contributed by atoms with Gasteiger partial charge in [0.2, 0.25) is 15.9 Å². The van der Waals surface area contributed by atoms with Gasteiger partial charge in [0, 0.05) is 32.5 Å². The zero-order valence-corrected chi connectivity index (χ0v) is 17.5. The molecule has 0 aliphatic rings. The molecule has 0 heterocycles. The summed E-state index contributed by atoms with van der Waals surface area (Å²) in [4.78, 5) is 14.5. The Morgan fingerprint density at radius 3 is 2.30 bits per heavy atom. The van der Waals surface area contributed by atoms with E-state index in [0.717, 1.165) is 21.1 Å². The molecular formula is C20H27N3O3S. The molecular weight excluding hydrogens is 362 g/mol. The molecule has 1 N–H and O–H groups in total. The molecule has 2 aromatic rings. The Morgan fingerprint density at radius 1 is 1.00 bits per heavy atom. The lowest BCUT2D eigenvalue weighted by molar-refractivity contribution is -0.114. The Hall–Kier alpha value is -2.38. The van der Waals surface area contributed by atoms with Gasteiger partial charge < -0.3 is 10.2 Å². The molecule has 0 fully saturated rings.